The summed E-state index contributed by atoms with van der Waals surface area (Å²) in [6, 6.07) is 25.9. The molecule has 0 spiro atoms. The first-order valence-corrected chi connectivity index (χ1v) is 20.7. The highest BCUT2D eigenvalue weighted by atomic mass is 32.2. The van der Waals surface area contributed by atoms with Crippen molar-refractivity contribution < 1.29 is 18.3 Å². The van der Waals surface area contributed by atoms with Gasteiger partial charge in [0.25, 0.3) is 15.9 Å². The van der Waals surface area contributed by atoms with Gasteiger partial charge in [0.15, 0.2) is 0 Å². The molecule has 1 amide bonds. The van der Waals surface area contributed by atoms with E-state index in [2.05, 4.69) is 78.7 Å². The molecule has 5 aromatic rings. The average Bonchev–Trinajstić information content (AvgIpc) is 3.88. The van der Waals surface area contributed by atoms with Crippen molar-refractivity contribution in [2.75, 3.05) is 46.0 Å². The van der Waals surface area contributed by atoms with Gasteiger partial charge in [0.05, 0.1) is 10.6 Å². The quantitative estimate of drug-likeness (QED) is 0.146. The summed E-state index contributed by atoms with van der Waals surface area (Å²) in [5.41, 5.74) is 14.5. The van der Waals surface area contributed by atoms with Gasteiger partial charge in [-0.25, -0.2) is 8.42 Å². The van der Waals surface area contributed by atoms with Crippen LogP contribution in [0.15, 0.2) is 89.8 Å². The number of anilines is 4. The van der Waals surface area contributed by atoms with Gasteiger partial charge in [0, 0.05) is 48.8 Å². The summed E-state index contributed by atoms with van der Waals surface area (Å²) in [5, 5.41) is 12.6. The van der Waals surface area contributed by atoms with Gasteiger partial charge in [-0.2, -0.15) is 0 Å². The topological polar surface area (TPSA) is 102 Å². The summed E-state index contributed by atoms with van der Waals surface area (Å²) in [5.74, 6) is -0.0208. The normalized spacial score (nSPS) is 14.1. The summed E-state index contributed by atoms with van der Waals surface area (Å²) < 4.78 is 28.2. The van der Waals surface area contributed by atoms with Crippen LogP contribution in [0.1, 0.15) is 75.0 Å². The van der Waals surface area contributed by atoms with E-state index >= 15 is 0 Å². The van der Waals surface area contributed by atoms with E-state index in [-0.39, 0.29) is 16.6 Å². The number of rotatable bonds is 8. The predicted octanol–water partition coefficient (Wildman–Crippen LogP) is 10.2. The Kier molecular flexibility index (Phi) is 11.9. The van der Waals surface area contributed by atoms with E-state index in [0.717, 1.165) is 70.9 Å². The summed E-state index contributed by atoms with van der Waals surface area (Å²) in [6.45, 7) is 18.6. The third kappa shape index (κ3) is 8.67. The summed E-state index contributed by atoms with van der Waals surface area (Å²) in [4.78, 5) is 18.3. The van der Waals surface area contributed by atoms with Crippen LogP contribution in [-0.2, 0) is 10.0 Å². The Morgan fingerprint density at radius 3 is 1.71 bits per heavy atom. The van der Waals surface area contributed by atoms with Crippen molar-refractivity contribution in [3.05, 3.63) is 129 Å². The van der Waals surface area contributed by atoms with E-state index in [1.54, 1.807) is 0 Å². The number of aromatic hydroxyl groups is 1. The van der Waals surface area contributed by atoms with Crippen LogP contribution in [0.25, 0.3) is 11.1 Å². The van der Waals surface area contributed by atoms with Gasteiger partial charge in [-0.1, -0.05) is 60.2 Å². The zero-order valence-electron chi connectivity index (χ0n) is 33.2. The molecule has 2 fully saturated rings. The van der Waals surface area contributed by atoms with Crippen molar-refractivity contribution in [2.24, 2.45) is 0 Å². The van der Waals surface area contributed by atoms with Crippen LogP contribution in [0, 0.1) is 48.5 Å². The van der Waals surface area contributed by atoms with Crippen molar-refractivity contribution in [3.8, 4) is 16.9 Å². The Balaban J connectivity index is 0.000000190. The molecule has 5 aromatic carbocycles. The monoisotopic (exact) mass is 758 g/mol. The number of aryl methyl sites for hydroxylation is 5. The number of nitrogens with one attached hydrogen (secondary N) is 2. The van der Waals surface area contributed by atoms with Gasteiger partial charge in [0.2, 0.25) is 0 Å². The van der Waals surface area contributed by atoms with Crippen molar-refractivity contribution in [2.45, 2.75) is 79.0 Å². The summed E-state index contributed by atoms with van der Waals surface area (Å²) >= 11 is 0. The lowest BCUT2D eigenvalue weighted by molar-refractivity contribution is 0.102. The van der Waals surface area contributed by atoms with Gasteiger partial charge in [-0.3, -0.25) is 9.52 Å². The van der Waals surface area contributed by atoms with Crippen molar-refractivity contribution >= 4 is 38.7 Å². The molecule has 0 aromatic heterocycles. The number of carbonyl (C=O) groups excluding carboxylic acids is 1. The van der Waals surface area contributed by atoms with E-state index in [4.69, 9.17) is 0 Å². The molecule has 9 heteroatoms. The molecule has 0 atom stereocenters. The first kappa shape index (κ1) is 39.4. The Hall–Kier alpha value is -5.28. The minimum Gasteiger partial charge on any atom is -0.508 e. The van der Waals surface area contributed by atoms with E-state index in [1.807, 2.05) is 50.2 Å². The molecule has 0 bridgehead atoms. The second kappa shape index (κ2) is 16.6. The molecule has 2 aliphatic heterocycles. The number of hydrogen-bond donors (Lipinski definition) is 3. The zero-order chi connectivity index (χ0) is 39.4. The Bertz CT molecular complexity index is 2310. The fourth-order valence-corrected chi connectivity index (χ4v) is 9.49. The maximum absolute atomic E-state index is 13.4. The first-order chi connectivity index (χ1) is 26.2. The highest BCUT2D eigenvalue weighted by Crippen LogP contribution is 2.38. The SMILES string of the molecule is Cc1cc(C)c(N2CCCC2)c(C)c1NS(=O)(=O)c1ccc(O)cc1.Cc1cccc(-c2ccccc2C(=O)Nc2c(C)cc(C)c(N3CCCC3)c2C)c1. The molecule has 2 heterocycles. The molecule has 288 valence electrons. The molecule has 2 aliphatic rings. The van der Waals surface area contributed by atoms with Gasteiger partial charge in [-0.05, 0) is 149 Å². The number of phenolic OH excluding ortho intramolecular Hbond substituents is 1. The van der Waals surface area contributed by atoms with Gasteiger partial charge < -0.3 is 20.2 Å². The first-order valence-electron chi connectivity index (χ1n) is 19.3. The molecule has 0 radical (unpaired) electrons. The van der Waals surface area contributed by atoms with Gasteiger partial charge in [-0.15, -0.1) is 0 Å². The Morgan fingerprint density at radius 1 is 0.618 bits per heavy atom. The number of phenols is 1. The van der Waals surface area contributed by atoms with Crippen molar-refractivity contribution in [1.29, 1.82) is 0 Å². The second-order valence-electron chi connectivity index (χ2n) is 15.1. The van der Waals surface area contributed by atoms with E-state index in [0.29, 0.717) is 11.3 Å². The minimum absolute atomic E-state index is 0.0398. The van der Waals surface area contributed by atoms with E-state index in [9.17, 15) is 18.3 Å². The molecular formula is C46H54N4O4S. The lowest BCUT2D eigenvalue weighted by Gasteiger charge is -2.26. The zero-order valence-corrected chi connectivity index (χ0v) is 34.0. The molecule has 0 saturated carbocycles. The molecule has 0 aliphatic carbocycles. The minimum atomic E-state index is -3.71. The third-order valence-electron chi connectivity index (χ3n) is 10.8. The molecule has 3 N–H and O–H groups in total. The Morgan fingerprint density at radius 2 is 1.15 bits per heavy atom. The van der Waals surface area contributed by atoms with Crippen LogP contribution in [-0.4, -0.2) is 45.6 Å². The molecule has 8 nitrogen and oxygen atoms in total. The largest absolute Gasteiger partial charge is 0.508 e. The lowest BCUT2D eigenvalue weighted by atomic mass is 9.97. The Labute approximate surface area is 327 Å². The van der Waals surface area contributed by atoms with Crippen LogP contribution in [0.2, 0.25) is 0 Å². The average molecular weight is 759 g/mol. The standard InChI is InChI=1S/C27H30N2O.C19H24N2O3S/c1-18-10-9-11-22(16-18)23-12-5-6-13-24(23)27(30)28-25-19(2)17-20(3)26(21(25)4)29-14-7-8-15-29;1-13-12-14(2)19(21-10-4-5-11-21)15(3)18(13)20-25(23,24)17-8-6-16(22)7-9-17/h5-6,9-13,16-17H,7-8,14-15H2,1-4H3,(H,28,30);6-9,12,20,22H,4-5,10-11H2,1-3H3. The van der Waals surface area contributed by atoms with Crippen LogP contribution in [0.4, 0.5) is 22.7 Å². The van der Waals surface area contributed by atoms with Crippen molar-refractivity contribution in [3.63, 3.8) is 0 Å². The van der Waals surface area contributed by atoms with Crippen LogP contribution in [0.5, 0.6) is 5.75 Å². The number of amides is 1. The smallest absolute Gasteiger partial charge is 0.261 e. The second-order valence-corrected chi connectivity index (χ2v) is 16.8. The predicted molar refractivity (Wildman–Crippen MR) is 228 cm³/mol. The molecule has 0 unspecified atom stereocenters. The van der Waals surface area contributed by atoms with Gasteiger partial charge >= 0.3 is 0 Å². The lowest BCUT2D eigenvalue weighted by Crippen LogP contribution is -2.22. The fourth-order valence-electron chi connectivity index (χ4n) is 8.30. The third-order valence-corrected chi connectivity index (χ3v) is 12.2. The number of nitrogens with zero attached hydrogens (tertiary/aromatic N) is 2. The maximum Gasteiger partial charge on any atom is 0.261 e. The number of benzene rings is 5. The van der Waals surface area contributed by atoms with Crippen LogP contribution in [0.3, 0.4) is 0 Å². The number of hydrogen-bond acceptors (Lipinski definition) is 6. The highest BCUT2D eigenvalue weighted by Gasteiger charge is 2.24. The van der Waals surface area contributed by atoms with Gasteiger partial charge in [0.1, 0.15) is 5.75 Å². The molecular weight excluding hydrogens is 705 g/mol. The highest BCUT2D eigenvalue weighted by molar-refractivity contribution is 7.92. The number of sulfonamides is 1. The van der Waals surface area contributed by atoms with E-state index in [1.165, 1.54) is 72.3 Å². The van der Waals surface area contributed by atoms with Crippen LogP contribution >= 0.6 is 0 Å². The molecule has 55 heavy (non-hydrogen) atoms. The van der Waals surface area contributed by atoms with E-state index < -0.39 is 10.0 Å². The molecule has 7 rings (SSSR count). The fraction of sp³-hybridized carbons (Fsp3) is 0.326. The van der Waals surface area contributed by atoms with Crippen molar-refractivity contribution in [1.82, 2.24) is 0 Å². The summed E-state index contributed by atoms with van der Waals surface area (Å²) in [7, 11) is -3.71. The number of carbonyl (C=O) groups is 1. The maximum atomic E-state index is 13.4. The van der Waals surface area contributed by atoms with Crippen LogP contribution < -0.4 is 19.8 Å². The molecule has 2 saturated heterocycles. The summed E-state index contributed by atoms with van der Waals surface area (Å²) in [6.07, 6.45) is 4.80.